The van der Waals surface area contributed by atoms with Gasteiger partial charge in [-0.15, -0.1) is 11.3 Å². The number of aromatic nitrogens is 1. The first-order chi connectivity index (χ1) is 10.1. The number of hydrogen-bond donors (Lipinski definition) is 1. The number of nitrogens with zero attached hydrogens (tertiary/aromatic N) is 2. The lowest BCUT2D eigenvalue weighted by molar-refractivity contribution is 0.874. The van der Waals surface area contributed by atoms with Gasteiger partial charge >= 0.3 is 0 Å². The number of benzene rings is 2. The van der Waals surface area contributed by atoms with Crippen LogP contribution in [0.4, 0.5) is 11.4 Å². The van der Waals surface area contributed by atoms with Crippen molar-refractivity contribution < 1.29 is 0 Å². The molecule has 0 saturated carbocycles. The Kier molecular flexibility index (Phi) is 3.80. The number of thiazole rings is 1. The Hall–Kier alpha value is -2.07. The predicted octanol–water partition coefficient (Wildman–Crippen LogP) is 4.54. The molecule has 3 rings (SSSR count). The Morgan fingerprint density at radius 2 is 1.90 bits per heavy atom. The molecule has 3 nitrogen and oxygen atoms in total. The summed E-state index contributed by atoms with van der Waals surface area (Å²) < 4.78 is 1.24. The highest BCUT2D eigenvalue weighted by molar-refractivity contribution is 7.18. The van der Waals surface area contributed by atoms with Crippen molar-refractivity contribution in [2.24, 2.45) is 0 Å². The molecule has 0 fully saturated rings. The lowest BCUT2D eigenvalue weighted by Crippen LogP contribution is -2.10. The van der Waals surface area contributed by atoms with Crippen LogP contribution < -0.4 is 10.2 Å². The zero-order chi connectivity index (χ0) is 14.8. The maximum atomic E-state index is 4.71. The van der Waals surface area contributed by atoms with Gasteiger partial charge in [-0.2, -0.15) is 0 Å². The maximum Gasteiger partial charge on any atom is 0.116 e. The van der Waals surface area contributed by atoms with Crippen molar-refractivity contribution in [2.45, 2.75) is 13.0 Å². The van der Waals surface area contributed by atoms with Gasteiger partial charge in [-0.3, -0.25) is 0 Å². The van der Waals surface area contributed by atoms with E-state index in [0.29, 0.717) is 0 Å². The monoisotopic (exact) mass is 297 g/mol. The second-order valence-electron chi connectivity index (χ2n) is 5.33. The quantitative estimate of drug-likeness (QED) is 0.766. The lowest BCUT2D eigenvalue weighted by Gasteiger charge is -2.16. The van der Waals surface area contributed by atoms with E-state index >= 15 is 0 Å². The van der Waals surface area contributed by atoms with E-state index in [1.807, 2.05) is 6.07 Å². The van der Waals surface area contributed by atoms with Gasteiger partial charge in [-0.05, 0) is 37.3 Å². The molecule has 1 heterocycles. The van der Waals surface area contributed by atoms with E-state index in [-0.39, 0.29) is 6.04 Å². The van der Waals surface area contributed by atoms with Crippen molar-refractivity contribution in [3.8, 4) is 0 Å². The van der Waals surface area contributed by atoms with E-state index in [0.717, 1.165) is 16.2 Å². The number of anilines is 2. The fourth-order valence-corrected chi connectivity index (χ4v) is 3.23. The minimum atomic E-state index is 0.194. The van der Waals surface area contributed by atoms with Crippen molar-refractivity contribution in [1.29, 1.82) is 0 Å². The molecule has 1 unspecified atom stereocenters. The second-order valence-corrected chi connectivity index (χ2v) is 6.39. The van der Waals surface area contributed by atoms with Crippen LogP contribution in [0.2, 0.25) is 0 Å². The van der Waals surface area contributed by atoms with Crippen LogP contribution >= 0.6 is 11.3 Å². The topological polar surface area (TPSA) is 28.2 Å². The zero-order valence-corrected chi connectivity index (χ0v) is 13.3. The average molecular weight is 297 g/mol. The highest BCUT2D eigenvalue weighted by atomic mass is 32.1. The van der Waals surface area contributed by atoms with Crippen LogP contribution in [0.1, 0.15) is 18.0 Å². The Morgan fingerprint density at radius 3 is 2.67 bits per heavy atom. The SMILES string of the molecule is CC(Nc1cccc(N(C)C)c1)c1nc2ccccc2s1. The van der Waals surface area contributed by atoms with Crippen LogP contribution in [0.3, 0.4) is 0 Å². The molecule has 1 aromatic heterocycles. The molecule has 0 aliphatic carbocycles. The summed E-state index contributed by atoms with van der Waals surface area (Å²) in [6.45, 7) is 2.15. The van der Waals surface area contributed by atoms with Gasteiger partial charge in [-0.1, -0.05) is 18.2 Å². The summed E-state index contributed by atoms with van der Waals surface area (Å²) in [5.41, 5.74) is 3.39. The summed E-state index contributed by atoms with van der Waals surface area (Å²) in [7, 11) is 4.10. The first-order valence-corrected chi connectivity index (χ1v) is 7.84. The van der Waals surface area contributed by atoms with Crippen LogP contribution in [0, 0.1) is 0 Å². The Labute approximate surface area is 129 Å². The smallest absolute Gasteiger partial charge is 0.116 e. The minimum absolute atomic E-state index is 0.194. The van der Waals surface area contributed by atoms with Gasteiger partial charge in [0.2, 0.25) is 0 Å². The first-order valence-electron chi connectivity index (χ1n) is 7.03. The molecule has 0 aliphatic rings. The summed E-state index contributed by atoms with van der Waals surface area (Å²) in [5.74, 6) is 0. The van der Waals surface area contributed by atoms with Crippen molar-refractivity contribution in [3.63, 3.8) is 0 Å². The zero-order valence-electron chi connectivity index (χ0n) is 12.5. The van der Waals surface area contributed by atoms with Crippen molar-refractivity contribution in [2.75, 3.05) is 24.3 Å². The van der Waals surface area contributed by atoms with Gasteiger partial charge in [0.25, 0.3) is 0 Å². The first kappa shape index (κ1) is 13.9. The molecule has 3 aromatic rings. The Balaban J connectivity index is 1.82. The fourth-order valence-electron chi connectivity index (χ4n) is 2.26. The van der Waals surface area contributed by atoms with Gasteiger partial charge in [0, 0.05) is 25.5 Å². The number of nitrogens with one attached hydrogen (secondary N) is 1. The summed E-state index contributed by atoms with van der Waals surface area (Å²) >= 11 is 1.75. The maximum absolute atomic E-state index is 4.71. The average Bonchev–Trinajstić information content (AvgIpc) is 2.91. The molecule has 1 atom stereocenters. The molecular formula is C17H19N3S. The third-order valence-electron chi connectivity index (χ3n) is 3.43. The van der Waals surface area contributed by atoms with Crippen LogP contribution in [0.25, 0.3) is 10.2 Å². The van der Waals surface area contributed by atoms with E-state index < -0.39 is 0 Å². The number of hydrogen-bond acceptors (Lipinski definition) is 4. The molecule has 0 aliphatic heterocycles. The molecule has 4 heteroatoms. The van der Waals surface area contributed by atoms with Gasteiger partial charge < -0.3 is 10.2 Å². The fraction of sp³-hybridized carbons (Fsp3) is 0.235. The predicted molar refractivity (Wildman–Crippen MR) is 92.4 cm³/mol. The number of rotatable bonds is 4. The van der Waals surface area contributed by atoms with Gasteiger partial charge in [0.05, 0.1) is 16.3 Å². The van der Waals surface area contributed by atoms with E-state index in [2.05, 4.69) is 73.7 Å². The van der Waals surface area contributed by atoms with Crippen molar-refractivity contribution in [3.05, 3.63) is 53.5 Å². The molecule has 108 valence electrons. The van der Waals surface area contributed by atoms with E-state index in [1.165, 1.54) is 10.4 Å². The summed E-state index contributed by atoms with van der Waals surface area (Å²) in [5, 5.41) is 4.65. The summed E-state index contributed by atoms with van der Waals surface area (Å²) in [6, 6.07) is 16.9. The van der Waals surface area contributed by atoms with Gasteiger partial charge in [0.1, 0.15) is 5.01 Å². The molecule has 1 N–H and O–H groups in total. The Morgan fingerprint density at radius 1 is 1.10 bits per heavy atom. The molecule has 0 spiro atoms. The molecule has 0 amide bonds. The standard InChI is InChI=1S/C17H19N3S/c1-12(17-19-15-9-4-5-10-16(15)21-17)18-13-7-6-8-14(11-13)20(2)3/h4-12,18H,1-3H3. The largest absolute Gasteiger partial charge is 0.378 e. The van der Waals surface area contributed by atoms with Crippen LogP contribution in [-0.2, 0) is 0 Å². The lowest BCUT2D eigenvalue weighted by atomic mass is 10.2. The van der Waals surface area contributed by atoms with E-state index in [1.54, 1.807) is 11.3 Å². The molecule has 21 heavy (non-hydrogen) atoms. The van der Waals surface area contributed by atoms with Crippen molar-refractivity contribution in [1.82, 2.24) is 4.98 Å². The molecule has 0 bridgehead atoms. The minimum Gasteiger partial charge on any atom is -0.378 e. The number of para-hydroxylation sites is 1. The summed E-state index contributed by atoms with van der Waals surface area (Å²) in [4.78, 5) is 6.82. The van der Waals surface area contributed by atoms with Crippen molar-refractivity contribution >= 4 is 32.9 Å². The van der Waals surface area contributed by atoms with E-state index in [4.69, 9.17) is 4.98 Å². The highest BCUT2D eigenvalue weighted by Gasteiger charge is 2.11. The normalized spacial score (nSPS) is 12.3. The molecule has 2 aromatic carbocycles. The highest BCUT2D eigenvalue weighted by Crippen LogP contribution is 2.29. The second kappa shape index (κ2) is 5.74. The Bertz CT molecular complexity index is 715. The van der Waals surface area contributed by atoms with E-state index in [9.17, 15) is 0 Å². The van der Waals surface area contributed by atoms with Crippen LogP contribution in [0.15, 0.2) is 48.5 Å². The van der Waals surface area contributed by atoms with Crippen LogP contribution in [0.5, 0.6) is 0 Å². The van der Waals surface area contributed by atoms with Crippen LogP contribution in [-0.4, -0.2) is 19.1 Å². The van der Waals surface area contributed by atoms with Gasteiger partial charge in [0.15, 0.2) is 0 Å². The third-order valence-corrected chi connectivity index (χ3v) is 4.65. The number of fused-ring (bicyclic) bond motifs is 1. The van der Waals surface area contributed by atoms with Gasteiger partial charge in [-0.25, -0.2) is 4.98 Å². The molecule has 0 radical (unpaired) electrons. The summed E-state index contributed by atoms with van der Waals surface area (Å²) in [6.07, 6.45) is 0. The third kappa shape index (κ3) is 3.00. The molecule has 0 saturated heterocycles. The molecular weight excluding hydrogens is 278 g/mol.